The molecule has 0 saturated heterocycles. The lowest BCUT2D eigenvalue weighted by molar-refractivity contribution is 0.306. The lowest BCUT2D eigenvalue weighted by Crippen LogP contribution is -2.21. The molecule has 1 aromatic heterocycles. The Bertz CT molecular complexity index is 441. The maximum atomic E-state index is 11.6. The van der Waals surface area contributed by atoms with E-state index in [1.807, 2.05) is 0 Å². The Labute approximate surface area is 108 Å². The predicted molar refractivity (Wildman–Crippen MR) is 72.6 cm³/mol. The molecule has 2 rings (SSSR count). The standard InChI is InChI=1S/C14H23N3O/c1-2-10-4-3-5-11(8-10)14-16-12(6-7-15)9-13(18)17-14/h9-11H,2-8,15H2,1H3,(H,16,17,18). The normalized spacial score (nSPS) is 24.1. The van der Waals surface area contributed by atoms with Gasteiger partial charge in [0.1, 0.15) is 5.82 Å². The van der Waals surface area contributed by atoms with E-state index < -0.39 is 0 Å². The summed E-state index contributed by atoms with van der Waals surface area (Å²) in [7, 11) is 0. The molecule has 0 spiro atoms. The number of rotatable bonds is 4. The molecular formula is C14H23N3O. The van der Waals surface area contributed by atoms with E-state index in [0.717, 1.165) is 30.3 Å². The molecule has 1 heterocycles. The van der Waals surface area contributed by atoms with Gasteiger partial charge in [0.15, 0.2) is 0 Å². The highest BCUT2D eigenvalue weighted by molar-refractivity contribution is 5.07. The summed E-state index contributed by atoms with van der Waals surface area (Å²) in [5, 5.41) is 0. The van der Waals surface area contributed by atoms with Gasteiger partial charge in [-0.2, -0.15) is 0 Å². The van der Waals surface area contributed by atoms with Crippen molar-refractivity contribution in [3.63, 3.8) is 0 Å². The van der Waals surface area contributed by atoms with Gasteiger partial charge in [0, 0.05) is 24.1 Å². The second-order valence-corrected chi connectivity index (χ2v) is 5.30. The Morgan fingerprint density at radius 3 is 3.06 bits per heavy atom. The molecule has 2 atom stereocenters. The zero-order valence-electron chi connectivity index (χ0n) is 11.1. The highest BCUT2D eigenvalue weighted by Gasteiger charge is 2.24. The van der Waals surface area contributed by atoms with Crippen molar-refractivity contribution >= 4 is 0 Å². The van der Waals surface area contributed by atoms with E-state index in [0.29, 0.717) is 18.9 Å². The van der Waals surface area contributed by atoms with E-state index >= 15 is 0 Å². The van der Waals surface area contributed by atoms with Crippen LogP contribution in [0.25, 0.3) is 0 Å². The van der Waals surface area contributed by atoms with Gasteiger partial charge in [-0.25, -0.2) is 4.98 Å². The number of hydrogen-bond donors (Lipinski definition) is 2. The van der Waals surface area contributed by atoms with Crippen molar-refractivity contribution in [3.8, 4) is 0 Å². The van der Waals surface area contributed by atoms with Gasteiger partial charge in [-0.1, -0.05) is 26.2 Å². The molecule has 1 aromatic rings. The zero-order chi connectivity index (χ0) is 13.0. The average molecular weight is 249 g/mol. The van der Waals surface area contributed by atoms with Crippen LogP contribution in [-0.2, 0) is 6.42 Å². The molecule has 4 nitrogen and oxygen atoms in total. The Hall–Kier alpha value is -1.16. The number of aromatic nitrogens is 2. The quantitative estimate of drug-likeness (QED) is 0.856. The van der Waals surface area contributed by atoms with Crippen LogP contribution in [0.2, 0.25) is 0 Å². The summed E-state index contributed by atoms with van der Waals surface area (Å²) in [5.74, 6) is 2.09. The van der Waals surface area contributed by atoms with Crippen LogP contribution in [0, 0.1) is 5.92 Å². The first-order valence-electron chi connectivity index (χ1n) is 7.03. The lowest BCUT2D eigenvalue weighted by atomic mass is 9.80. The van der Waals surface area contributed by atoms with E-state index in [4.69, 9.17) is 5.73 Å². The first-order chi connectivity index (χ1) is 8.72. The molecule has 0 aromatic carbocycles. The maximum absolute atomic E-state index is 11.6. The Balaban J connectivity index is 2.18. The van der Waals surface area contributed by atoms with Crippen molar-refractivity contribution in [2.24, 2.45) is 11.7 Å². The van der Waals surface area contributed by atoms with Gasteiger partial charge in [0.25, 0.3) is 5.56 Å². The number of nitrogens with one attached hydrogen (secondary N) is 1. The van der Waals surface area contributed by atoms with Crippen LogP contribution >= 0.6 is 0 Å². The molecule has 100 valence electrons. The summed E-state index contributed by atoms with van der Waals surface area (Å²) in [5.41, 5.74) is 6.32. The molecule has 1 aliphatic carbocycles. The summed E-state index contributed by atoms with van der Waals surface area (Å²) in [6.07, 6.45) is 6.77. The molecule has 0 bridgehead atoms. The zero-order valence-corrected chi connectivity index (χ0v) is 11.1. The third-order valence-corrected chi connectivity index (χ3v) is 3.96. The van der Waals surface area contributed by atoms with Crippen molar-refractivity contribution in [2.45, 2.75) is 51.4 Å². The highest BCUT2D eigenvalue weighted by atomic mass is 16.1. The van der Waals surface area contributed by atoms with Crippen LogP contribution in [0.15, 0.2) is 10.9 Å². The second kappa shape index (κ2) is 6.14. The first-order valence-corrected chi connectivity index (χ1v) is 7.03. The molecular weight excluding hydrogens is 226 g/mol. The van der Waals surface area contributed by atoms with Gasteiger partial charge in [0.2, 0.25) is 0 Å². The number of nitrogens with two attached hydrogens (primary N) is 1. The number of nitrogens with zero attached hydrogens (tertiary/aromatic N) is 1. The van der Waals surface area contributed by atoms with E-state index in [-0.39, 0.29) is 5.56 Å². The van der Waals surface area contributed by atoms with Crippen LogP contribution < -0.4 is 11.3 Å². The molecule has 1 aliphatic rings. The van der Waals surface area contributed by atoms with E-state index in [1.165, 1.54) is 19.3 Å². The maximum Gasteiger partial charge on any atom is 0.251 e. The first kappa shape index (κ1) is 13.3. The molecule has 18 heavy (non-hydrogen) atoms. The van der Waals surface area contributed by atoms with Gasteiger partial charge in [0.05, 0.1) is 0 Å². The van der Waals surface area contributed by atoms with Crippen LogP contribution in [0.5, 0.6) is 0 Å². The second-order valence-electron chi connectivity index (χ2n) is 5.30. The topological polar surface area (TPSA) is 71.8 Å². The Kier molecular flexibility index (Phi) is 4.53. The van der Waals surface area contributed by atoms with Gasteiger partial charge < -0.3 is 10.7 Å². The summed E-state index contributed by atoms with van der Waals surface area (Å²) in [6.45, 7) is 2.78. The van der Waals surface area contributed by atoms with Crippen LogP contribution in [0.4, 0.5) is 0 Å². The summed E-state index contributed by atoms with van der Waals surface area (Å²) >= 11 is 0. The monoisotopic (exact) mass is 249 g/mol. The minimum Gasteiger partial charge on any atom is -0.330 e. The number of H-pyrrole nitrogens is 1. The van der Waals surface area contributed by atoms with Crippen LogP contribution in [0.1, 0.15) is 56.5 Å². The van der Waals surface area contributed by atoms with Crippen molar-refractivity contribution < 1.29 is 0 Å². The van der Waals surface area contributed by atoms with Crippen molar-refractivity contribution in [3.05, 3.63) is 27.9 Å². The molecule has 0 amide bonds. The number of hydrogen-bond acceptors (Lipinski definition) is 3. The average Bonchev–Trinajstić information content (AvgIpc) is 2.38. The van der Waals surface area contributed by atoms with Gasteiger partial charge in [-0.05, 0) is 25.3 Å². The predicted octanol–water partition coefficient (Wildman–Crippen LogP) is 1.95. The Morgan fingerprint density at radius 1 is 1.50 bits per heavy atom. The molecule has 0 aliphatic heterocycles. The number of aromatic amines is 1. The minimum atomic E-state index is -0.0397. The van der Waals surface area contributed by atoms with Gasteiger partial charge in [-0.15, -0.1) is 0 Å². The molecule has 4 heteroatoms. The van der Waals surface area contributed by atoms with E-state index in [2.05, 4.69) is 16.9 Å². The smallest absolute Gasteiger partial charge is 0.251 e. The fraction of sp³-hybridized carbons (Fsp3) is 0.714. The summed E-state index contributed by atoms with van der Waals surface area (Å²) < 4.78 is 0. The largest absolute Gasteiger partial charge is 0.330 e. The fourth-order valence-corrected chi connectivity index (χ4v) is 2.91. The third-order valence-electron chi connectivity index (χ3n) is 3.96. The summed E-state index contributed by atoms with van der Waals surface area (Å²) in [6, 6.07) is 1.57. The third kappa shape index (κ3) is 3.19. The van der Waals surface area contributed by atoms with Gasteiger partial charge in [-0.3, -0.25) is 4.79 Å². The van der Waals surface area contributed by atoms with Crippen LogP contribution in [-0.4, -0.2) is 16.5 Å². The molecule has 3 N–H and O–H groups in total. The molecule has 2 unspecified atom stereocenters. The Morgan fingerprint density at radius 2 is 2.33 bits per heavy atom. The lowest BCUT2D eigenvalue weighted by Gasteiger charge is -2.27. The summed E-state index contributed by atoms with van der Waals surface area (Å²) in [4.78, 5) is 19.1. The van der Waals surface area contributed by atoms with E-state index in [1.54, 1.807) is 6.07 Å². The van der Waals surface area contributed by atoms with Crippen molar-refractivity contribution in [1.82, 2.24) is 9.97 Å². The van der Waals surface area contributed by atoms with E-state index in [9.17, 15) is 4.79 Å². The molecule has 1 fully saturated rings. The SMILES string of the molecule is CCC1CCCC(c2nc(CCN)cc(=O)[nH]2)C1. The van der Waals surface area contributed by atoms with Gasteiger partial charge >= 0.3 is 0 Å². The minimum absolute atomic E-state index is 0.0397. The fourth-order valence-electron chi connectivity index (χ4n) is 2.91. The molecule has 1 saturated carbocycles. The highest BCUT2D eigenvalue weighted by Crippen LogP contribution is 2.35. The van der Waals surface area contributed by atoms with Crippen LogP contribution in [0.3, 0.4) is 0 Å². The van der Waals surface area contributed by atoms with Crippen molar-refractivity contribution in [2.75, 3.05) is 6.54 Å². The molecule has 0 radical (unpaired) electrons. The van der Waals surface area contributed by atoms with Crippen molar-refractivity contribution in [1.29, 1.82) is 0 Å².